The molecule has 0 spiro atoms. The molecular formula is C9H5BrFNO. The molecule has 0 saturated heterocycles. The molecule has 0 radical (unpaired) electrons. The van der Waals surface area contributed by atoms with Crippen molar-refractivity contribution in [1.82, 2.24) is 0 Å². The van der Waals surface area contributed by atoms with Crippen LogP contribution in [0.5, 0.6) is 0 Å². The van der Waals surface area contributed by atoms with Crippen LogP contribution in [0, 0.1) is 17.1 Å². The summed E-state index contributed by atoms with van der Waals surface area (Å²) in [5, 5.41) is 8.61. The Kier molecular flexibility index (Phi) is 3.15. The molecule has 0 atom stereocenters. The Hall–Kier alpha value is -1.21. The topological polar surface area (TPSA) is 40.9 Å². The Labute approximate surface area is 83.1 Å². The van der Waals surface area contributed by atoms with Crippen LogP contribution in [0.1, 0.15) is 11.1 Å². The van der Waals surface area contributed by atoms with Crippen molar-refractivity contribution in [3.05, 3.63) is 33.5 Å². The summed E-state index contributed by atoms with van der Waals surface area (Å²) in [6, 6.07) is 4.75. The lowest BCUT2D eigenvalue weighted by molar-refractivity contribution is -0.107. The summed E-state index contributed by atoms with van der Waals surface area (Å²) in [7, 11) is 0. The predicted molar refractivity (Wildman–Crippen MR) is 48.6 cm³/mol. The number of aldehydes is 1. The van der Waals surface area contributed by atoms with Crippen molar-refractivity contribution in [3.8, 4) is 6.07 Å². The molecule has 0 unspecified atom stereocenters. The summed E-state index contributed by atoms with van der Waals surface area (Å²) in [6.07, 6.45) is 0.500. The summed E-state index contributed by atoms with van der Waals surface area (Å²) in [6.45, 7) is 0. The van der Waals surface area contributed by atoms with Crippen LogP contribution < -0.4 is 0 Å². The molecule has 0 fully saturated rings. The van der Waals surface area contributed by atoms with E-state index in [1.54, 1.807) is 0 Å². The second kappa shape index (κ2) is 4.15. The van der Waals surface area contributed by atoms with Crippen molar-refractivity contribution in [3.63, 3.8) is 0 Å². The summed E-state index contributed by atoms with van der Waals surface area (Å²) in [4.78, 5) is 10.2. The van der Waals surface area contributed by atoms with Crippen LogP contribution in [-0.4, -0.2) is 6.29 Å². The highest BCUT2D eigenvalue weighted by molar-refractivity contribution is 9.10. The summed E-state index contributed by atoms with van der Waals surface area (Å²) in [5.41, 5.74) is 0.347. The van der Waals surface area contributed by atoms with E-state index in [0.717, 1.165) is 0 Å². The van der Waals surface area contributed by atoms with Crippen molar-refractivity contribution in [2.24, 2.45) is 0 Å². The first-order valence-corrected chi connectivity index (χ1v) is 4.30. The molecule has 0 amide bonds. The summed E-state index contributed by atoms with van der Waals surface area (Å²) in [5.74, 6) is -0.536. The van der Waals surface area contributed by atoms with Gasteiger partial charge in [0.05, 0.1) is 16.1 Å². The Balaban J connectivity index is 3.33. The van der Waals surface area contributed by atoms with E-state index in [4.69, 9.17) is 5.26 Å². The molecule has 1 rings (SSSR count). The van der Waals surface area contributed by atoms with Crippen LogP contribution in [-0.2, 0) is 11.2 Å². The van der Waals surface area contributed by atoms with Crippen LogP contribution in [0.15, 0.2) is 16.6 Å². The number of nitriles is 1. The van der Waals surface area contributed by atoms with Gasteiger partial charge >= 0.3 is 0 Å². The molecule has 0 aliphatic heterocycles. The molecule has 0 bridgehead atoms. The van der Waals surface area contributed by atoms with Crippen molar-refractivity contribution < 1.29 is 9.18 Å². The molecule has 0 saturated carbocycles. The first-order chi connectivity index (χ1) is 6.20. The quantitative estimate of drug-likeness (QED) is 0.746. The van der Waals surface area contributed by atoms with Crippen LogP contribution in [0.4, 0.5) is 4.39 Å². The van der Waals surface area contributed by atoms with Gasteiger partial charge in [0.25, 0.3) is 0 Å². The monoisotopic (exact) mass is 241 g/mol. The minimum absolute atomic E-state index is 0.0752. The lowest BCUT2D eigenvalue weighted by atomic mass is 10.1. The van der Waals surface area contributed by atoms with Gasteiger partial charge in [-0.1, -0.05) is 0 Å². The van der Waals surface area contributed by atoms with Gasteiger partial charge < -0.3 is 4.79 Å². The molecular weight excluding hydrogens is 237 g/mol. The van der Waals surface area contributed by atoms with Gasteiger partial charge in [-0.2, -0.15) is 5.26 Å². The fourth-order valence-electron chi connectivity index (χ4n) is 0.980. The number of hydrogen-bond acceptors (Lipinski definition) is 2. The molecule has 4 heteroatoms. The lowest BCUT2D eigenvalue weighted by Gasteiger charge is -2.02. The van der Waals surface area contributed by atoms with Crippen molar-refractivity contribution in [2.45, 2.75) is 6.42 Å². The minimum atomic E-state index is -0.536. The number of halogens is 2. The first kappa shape index (κ1) is 9.87. The average molecular weight is 242 g/mol. The SMILES string of the molecule is N#Cc1ccc(Br)c(F)c1CC=O. The predicted octanol–water partition coefficient (Wildman–Crippen LogP) is 2.20. The van der Waals surface area contributed by atoms with Crippen LogP contribution in [0.25, 0.3) is 0 Å². The van der Waals surface area contributed by atoms with E-state index in [9.17, 15) is 9.18 Å². The number of nitrogens with zero attached hydrogens (tertiary/aromatic N) is 1. The van der Waals surface area contributed by atoms with E-state index in [0.29, 0.717) is 6.29 Å². The van der Waals surface area contributed by atoms with Crippen LogP contribution in [0.2, 0.25) is 0 Å². The minimum Gasteiger partial charge on any atom is -0.303 e. The summed E-state index contributed by atoms with van der Waals surface area (Å²) >= 11 is 2.98. The second-order valence-corrected chi connectivity index (χ2v) is 3.22. The lowest BCUT2D eigenvalue weighted by Crippen LogP contribution is -1.97. The smallest absolute Gasteiger partial charge is 0.142 e. The third-order valence-electron chi connectivity index (χ3n) is 1.60. The van der Waals surface area contributed by atoms with Gasteiger partial charge in [-0.3, -0.25) is 0 Å². The zero-order valence-corrected chi connectivity index (χ0v) is 8.14. The highest BCUT2D eigenvalue weighted by Crippen LogP contribution is 2.21. The van der Waals surface area contributed by atoms with E-state index < -0.39 is 5.82 Å². The molecule has 1 aromatic rings. The molecule has 13 heavy (non-hydrogen) atoms. The van der Waals surface area contributed by atoms with Gasteiger partial charge in [-0.15, -0.1) is 0 Å². The molecule has 1 aromatic carbocycles. The second-order valence-electron chi connectivity index (χ2n) is 2.37. The zero-order chi connectivity index (χ0) is 9.84. The number of benzene rings is 1. The van der Waals surface area contributed by atoms with E-state index in [1.807, 2.05) is 6.07 Å². The zero-order valence-electron chi connectivity index (χ0n) is 6.55. The maximum Gasteiger partial charge on any atom is 0.142 e. The summed E-state index contributed by atoms with van der Waals surface area (Å²) < 4.78 is 13.5. The number of carbonyl (C=O) groups is 1. The van der Waals surface area contributed by atoms with Crippen molar-refractivity contribution in [1.29, 1.82) is 5.26 Å². The van der Waals surface area contributed by atoms with E-state index in [2.05, 4.69) is 15.9 Å². The number of rotatable bonds is 2. The molecule has 0 heterocycles. The largest absolute Gasteiger partial charge is 0.303 e. The fraction of sp³-hybridized carbons (Fsp3) is 0.111. The highest BCUT2D eigenvalue weighted by Gasteiger charge is 2.10. The fourth-order valence-corrected chi connectivity index (χ4v) is 1.35. The molecule has 0 aliphatic rings. The van der Waals surface area contributed by atoms with Gasteiger partial charge in [-0.25, -0.2) is 4.39 Å². The molecule has 2 nitrogen and oxygen atoms in total. The maximum atomic E-state index is 13.3. The average Bonchev–Trinajstić information content (AvgIpc) is 2.14. The van der Waals surface area contributed by atoms with E-state index in [-0.39, 0.29) is 22.0 Å². The Morgan fingerprint density at radius 1 is 1.62 bits per heavy atom. The van der Waals surface area contributed by atoms with E-state index in [1.165, 1.54) is 12.1 Å². The van der Waals surface area contributed by atoms with Gasteiger partial charge in [-0.05, 0) is 28.1 Å². The Morgan fingerprint density at radius 2 is 2.31 bits per heavy atom. The van der Waals surface area contributed by atoms with Crippen molar-refractivity contribution >= 4 is 22.2 Å². The van der Waals surface area contributed by atoms with Crippen LogP contribution in [0.3, 0.4) is 0 Å². The number of hydrogen-bond donors (Lipinski definition) is 0. The maximum absolute atomic E-state index is 13.3. The highest BCUT2D eigenvalue weighted by atomic mass is 79.9. The van der Waals surface area contributed by atoms with Gasteiger partial charge in [0.2, 0.25) is 0 Å². The van der Waals surface area contributed by atoms with Gasteiger partial charge in [0, 0.05) is 12.0 Å². The molecule has 0 aromatic heterocycles. The first-order valence-electron chi connectivity index (χ1n) is 3.51. The van der Waals surface area contributed by atoms with Gasteiger partial charge in [0.1, 0.15) is 12.1 Å². The van der Waals surface area contributed by atoms with Crippen LogP contribution >= 0.6 is 15.9 Å². The molecule has 0 N–H and O–H groups in total. The Morgan fingerprint density at radius 3 is 2.85 bits per heavy atom. The van der Waals surface area contributed by atoms with E-state index >= 15 is 0 Å². The normalized spacial score (nSPS) is 9.31. The molecule has 0 aliphatic carbocycles. The van der Waals surface area contributed by atoms with Crippen molar-refractivity contribution in [2.75, 3.05) is 0 Å². The standard InChI is InChI=1S/C9H5BrFNO/c10-8-2-1-6(5-12)7(3-4-13)9(8)11/h1-2,4H,3H2. The number of carbonyl (C=O) groups excluding carboxylic acids is 1. The Bertz CT molecular complexity index is 384. The third kappa shape index (κ3) is 1.93. The third-order valence-corrected chi connectivity index (χ3v) is 2.22. The van der Waals surface area contributed by atoms with Gasteiger partial charge in [0.15, 0.2) is 0 Å². The molecule has 66 valence electrons.